The molecule has 302 valence electrons. The van der Waals surface area contributed by atoms with E-state index in [0.29, 0.717) is 35.0 Å². The summed E-state index contributed by atoms with van der Waals surface area (Å²) in [6.45, 7) is 7.52. The number of nitrogens with one attached hydrogen (secondary N) is 3. The fourth-order valence-electron chi connectivity index (χ4n) is 6.32. The van der Waals surface area contributed by atoms with Crippen molar-refractivity contribution in [3.05, 3.63) is 59.7 Å². The lowest BCUT2D eigenvalue weighted by Gasteiger charge is -2.37. The molecule has 55 heavy (non-hydrogen) atoms. The monoisotopic (exact) mass is 786 g/mol. The maximum atomic E-state index is 12.5. The van der Waals surface area contributed by atoms with Crippen molar-refractivity contribution in [1.82, 2.24) is 29.8 Å². The number of rotatable bonds is 18. The van der Waals surface area contributed by atoms with E-state index in [4.69, 9.17) is 12.2 Å². The zero-order chi connectivity index (χ0) is 40.3. The molecule has 1 unspecified atom stereocenters. The van der Waals surface area contributed by atoms with Gasteiger partial charge >= 0.3 is 23.9 Å². The van der Waals surface area contributed by atoms with Crippen LogP contribution >= 0.6 is 12.2 Å². The van der Waals surface area contributed by atoms with Gasteiger partial charge in [0.1, 0.15) is 0 Å². The van der Waals surface area contributed by atoms with Crippen LogP contribution in [0, 0.1) is 0 Å². The van der Waals surface area contributed by atoms with Crippen LogP contribution < -0.4 is 16.0 Å². The lowest BCUT2D eigenvalue weighted by Crippen LogP contribution is -2.53. The van der Waals surface area contributed by atoms with Crippen LogP contribution in [0.5, 0.6) is 0 Å². The minimum absolute atomic E-state index is 0.154. The smallest absolute Gasteiger partial charge is 0.317 e. The molecule has 0 spiro atoms. The number of likely N-dealkylation sites (N-methyl/N-ethyl adjacent to an activating group) is 1. The van der Waals surface area contributed by atoms with Gasteiger partial charge in [-0.05, 0) is 73.7 Å². The van der Waals surface area contributed by atoms with E-state index in [9.17, 15) is 44.4 Å². The van der Waals surface area contributed by atoms with Gasteiger partial charge in [-0.15, -0.1) is 0 Å². The van der Waals surface area contributed by atoms with Crippen molar-refractivity contribution < 1.29 is 44.4 Å². The van der Waals surface area contributed by atoms with Gasteiger partial charge in [0, 0.05) is 81.9 Å². The molecular weight excluding hydrogens is 733 g/mol. The predicted molar refractivity (Wildman–Crippen MR) is 212 cm³/mol. The fourth-order valence-corrected chi connectivity index (χ4v) is 6.56. The van der Waals surface area contributed by atoms with Crippen molar-refractivity contribution in [3.8, 4) is 0 Å². The van der Waals surface area contributed by atoms with Gasteiger partial charge in [-0.2, -0.15) is 0 Å². The Morgan fingerprint density at radius 2 is 1.13 bits per heavy atom. The van der Waals surface area contributed by atoms with Crippen LogP contribution in [0.15, 0.2) is 48.5 Å². The molecule has 7 N–H and O–H groups in total. The van der Waals surface area contributed by atoms with E-state index in [1.165, 1.54) is 0 Å². The summed E-state index contributed by atoms with van der Waals surface area (Å²) in [7, 11) is 0. The molecule has 0 radical (unpaired) electrons. The Morgan fingerprint density at radius 1 is 0.673 bits per heavy atom. The number of aliphatic carboxylic acids is 4. The molecule has 2 aromatic rings. The van der Waals surface area contributed by atoms with E-state index in [1.807, 2.05) is 24.3 Å². The van der Waals surface area contributed by atoms with Crippen LogP contribution in [-0.2, 0) is 25.6 Å². The molecule has 1 saturated heterocycles. The number of anilines is 2. The van der Waals surface area contributed by atoms with Gasteiger partial charge in [-0.3, -0.25) is 43.6 Å². The highest BCUT2D eigenvalue weighted by molar-refractivity contribution is 7.80. The molecule has 1 aliphatic rings. The first-order chi connectivity index (χ1) is 26.2. The average Bonchev–Trinajstić information content (AvgIpc) is 3.12. The van der Waals surface area contributed by atoms with Gasteiger partial charge in [-0.1, -0.05) is 26.0 Å². The first kappa shape index (κ1) is 44.7. The molecule has 3 rings (SSSR count). The number of carboxylic acid groups (broad SMARTS) is 4. The maximum absolute atomic E-state index is 12.5. The Morgan fingerprint density at radius 3 is 1.62 bits per heavy atom. The van der Waals surface area contributed by atoms with Crippen LogP contribution in [0.3, 0.4) is 0 Å². The van der Waals surface area contributed by atoms with Gasteiger partial charge in [0.05, 0.1) is 26.2 Å². The Kier molecular flexibility index (Phi) is 18.9. The number of thiocarbonyl (C=S) groups is 1. The minimum atomic E-state index is -1.08. The quantitative estimate of drug-likeness (QED) is 0.105. The molecule has 0 aromatic heterocycles. The SMILES string of the molecule is CCN(CC)CCNC(=O)c1ccc(NC(=S)Nc2ccc(CC3CN(CC(=O)O)CCN(CC(=O)O)CCN(CC(=O)O)CCN3CC(=O)O)cc2)cc1. The molecule has 1 amide bonds. The summed E-state index contributed by atoms with van der Waals surface area (Å²) in [6, 6.07) is 13.8. The van der Waals surface area contributed by atoms with E-state index >= 15 is 0 Å². The van der Waals surface area contributed by atoms with Gasteiger partial charge in [0.15, 0.2) is 5.11 Å². The number of carboxylic acids is 4. The molecular formula is C37H54N8O9S. The Balaban J connectivity index is 1.71. The molecule has 1 fully saturated rings. The highest BCUT2D eigenvalue weighted by Gasteiger charge is 2.27. The molecule has 0 aliphatic carbocycles. The lowest BCUT2D eigenvalue weighted by atomic mass is 10.0. The molecule has 1 atom stereocenters. The lowest BCUT2D eigenvalue weighted by molar-refractivity contribution is -0.142. The van der Waals surface area contributed by atoms with Crippen LogP contribution in [0.4, 0.5) is 11.4 Å². The van der Waals surface area contributed by atoms with E-state index in [1.54, 1.807) is 43.9 Å². The van der Waals surface area contributed by atoms with E-state index in [0.717, 1.165) is 25.2 Å². The summed E-state index contributed by atoms with van der Waals surface area (Å²) in [6.07, 6.45) is 0.347. The van der Waals surface area contributed by atoms with Crippen molar-refractivity contribution in [2.45, 2.75) is 26.3 Å². The van der Waals surface area contributed by atoms with Crippen molar-refractivity contribution in [1.29, 1.82) is 0 Å². The van der Waals surface area contributed by atoms with Gasteiger partial charge in [-0.25, -0.2) is 0 Å². The van der Waals surface area contributed by atoms with E-state index < -0.39 is 29.9 Å². The van der Waals surface area contributed by atoms with Crippen molar-refractivity contribution in [2.24, 2.45) is 0 Å². The normalized spacial score (nSPS) is 16.7. The number of amides is 1. The first-order valence-corrected chi connectivity index (χ1v) is 18.7. The molecule has 0 saturated carbocycles. The molecule has 1 heterocycles. The zero-order valence-corrected chi connectivity index (χ0v) is 32.3. The third kappa shape index (κ3) is 17.1. The van der Waals surface area contributed by atoms with Crippen LogP contribution in [-0.4, -0.2) is 184 Å². The van der Waals surface area contributed by atoms with E-state index in [-0.39, 0.29) is 77.9 Å². The van der Waals surface area contributed by atoms with Crippen LogP contribution in [0.25, 0.3) is 0 Å². The minimum Gasteiger partial charge on any atom is -0.480 e. The van der Waals surface area contributed by atoms with Gasteiger partial charge in [0.25, 0.3) is 5.91 Å². The Hall–Kier alpha value is -4.72. The van der Waals surface area contributed by atoms with Crippen LogP contribution in [0.2, 0.25) is 0 Å². The third-order valence-electron chi connectivity index (χ3n) is 9.26. The summed E-state index contributed by atoms with van der Waals surface area (Å²) in [5.74, 6) is -4.43. The predicted octanol–water partition coefficient (Wildman–Crippen LogP) is 1.04. The maximum Gasteiger partial charge on any atom is 0.317 e. The zero-order valence-electron chi connectivity index (χ0n) is 31.5. The molecule has 1 aliphatic heterocycles. The Labute approximate surface area is 326 Å². The number of carbonyl (C=O) groups excluding carboxylic acids is 1. The number of benzene rings is 2. The van der Waals surface area contributed by atoms with Crippen LogP contribution in [0.1, 0.15) is 29.8 Å². The summed E-state index contributed by atoms with van der Waals surface area (Å²) in [5, 5.41) is 48.0. The highest BCUT2D eigenvalue weighted by atomic mass is 32.1. The van der Waals surface area contributed by atoms with Crippen molar-refractivity contribution >= 4 is 58.5 Å². The molecule has 2 aromatic carbocycles. The first-order valence-electron chi connectivity index (χ1n) is 18.3. The van der Waals surface area contributed by atoms with Gasteiger partial charge in [0.2, 0.25) is 0 Å². The number of carbonyl (C=O) groups is 5. The standard InChI is InChI=1S/C37H54N8O9S/c1-3-41(4-2)14-13-38-36(54)28-7-11-30(12-8-28)40-37(55)39-29-9-5-27(6-10-29)21-31-22-44(25-34(50)51)18-17-42(23-32(46)47)15-16-43(24-33(48)49)19-20-45(31)26-35(52)53/h5-12,31H,3-4,13-26H2,1-2H3,(H,38,54)(H,46,47)(H,48,49)(H,50,51)(H,52,53)(H2,39,40,55). The second kappa shape index (κ2) is 23.3. The molecule has 17 nitrogen and oxygen atoms in total. The Bertz CT molecular complexity index is 1580. The second-order valence-electron chi connectivity index (χ2n) is 13.3. The fraction of sp³-hybridized carbons (Fsp3) is 0.514. The number of hydrogen-bond acceptors (Lipinski definition) is 11. The summed E-state index contributed by atoms with van der Waals surface area (Å²) in [5.41, 5.74) is 2.75. The van der Waals surface area contributed by atoms with Crippen molar-refractivity contribution in [3.63, 3.8) is 0 Å². The molecule has 18 heteroatoms. The van der Waals surface area contributed by atoms with E-state index in [2.05, 4.69) is 34.7 Å². The second-order valence-corrected chi connectivity index (χ2v) is 13.7. The highest BCUT2D eigenvalue weighted by Crippen LogP contribution is 2.17. The number of hydrogen-bond donors (Lipinski definition) is 7. The van der Waals surface area contributed by atoms with Crippen molar-refractivity contribution in [2.75, 3.05) is 109 Å². The average molecular weight is 787 g/mol. The summed E-state index contributed by atoms with van der Waals surface area (Å²) >= 11 is 5.51. The summed E-state index contributed by atoms with van der Waals surface area (Å²) < 4.78 is 0. The third-order valence-corrected chi connectivity index (χ3v) is 9.47. The topological polar surface area (TPSA) is 219 Å². The van der Waals surface area contributed by atoms with Gasteiger partial charge < -0.3 is 41.3 Å². The number of nitrogens with zero attached hydrogens (tertiary/aromatic N) is 5. The largest absolute Gasteiger partial charge is 0.480 e. The summed E-state index contributed by atoms with van der Waals surface area (Å²) in [4.78, 5) is 68.6. The molecule has 0 bridgehead atoms.